The second-order valence-electron chi connectivity index (χ2n) is 19.4. The van der Waals surface area contributed by atoms with Crippen LogP contribution < -0.4 is 9.80 Å². The van der Waals surface area contributed by atoms with Crippen molar-refractivity contribution in [3.63, 3.8) is 0 Å². The highest BCUT2D eigenvalue weighted by molar-refractivity contribution is 6.23. The molecule has 70 heavy (non-hydrogen) atoms. The Labute approximate surface area is 409 Å². The third-order valence-electron chi connectivity index (χ3n) is 15.4. The summed E-state index contributed by atoms with van der Waals surface area (Å²) in [5.74, 6) is 0. The summed E-state index contributed by atoms with van der Waals surface area (Å²) in [6.45, 7) is 0. The molecule has 3 aliphatic rings. The van der Waals surface area contributed by atoms with E-state index in [1.807, 2.05) is 0 Å². The molecule has 332 valence electrons. The minimum absolute atomic E-state index is 1.00. The van der Waals surface area contributed by atoms with Crippen LogP contribution in [0.15, 0.2) is 242 Å². The molecule has 0 spiro atoms. The first-order valence-electron chi connectivity index (χ1n) is 25.0. The maximum atomic E-state index is 2.57. The number of benzene rings is 11. The van der Waals surface area contributed by atoms with Gasteiger partial charge in [-0.3, -0.25) is 0 Å². The van der Waals surface area contributed by atoms with E-state index in [9.17, 15) is 0 Å². The van der Waals surface area contributed by atoms with Gasteiger partial charge in [0.05, 0.1) is 0 Å². The lowest BCUT2D eigenvalue weighted by Crippen LogP contribution is -2.18. The number of anilines is 5. The average molecular weight is 895 g/mol. The Bertz CT molecular complexity index is 3920. The molecule has 2 heterocycles. The normalized spacial score (nSPS) is 14.3. The Morgan fingerprint density at radius 3 is 1.37 bits per heavy atom. The van der Waals surface area contributed by atoms with Gasteiger partial charge in [0.15, 0.2) is 0 Å². The average Bonchev–Trinajstić information content (AvgIpc) is 3.70. The van der Waals surface area contributed by atoms with E-state index in [2.05, 4.69) is 240 Å². The molecular formula is C68H50N2. The molecule has 2 nitrogen and oxygen atoms in total. The molecule has 2 heteroatoms. The minimum Gasteiger partial charge on any atom is -0.310 e. The predicted octanol–water partition coefficient (Wildman–Crippen LogP) is 18.6. The van der Waals surface area contributed by atoms with Gasteiger partial charge in [-0.1, -0.05) is 170 Å². The van der Waals surface area contributed by atoms with Crippen LogP contribution in [0.1, 0.15) is 36.0 Å². The van der Waals surface area contributed by atoms with Crippen molar-refractivity contribution >= 4 is 71.5 Å². The molecule has 0 N–H and O–H groups in total. The third kappa shape index (κ3) is 6.78. The van der Waals surface area contributed by atoms with Crippen molar-refractivity contribution in [3.05, 3.63) is 259 Å². The summed E-state index contributed by atoms with van der Waals surface area (Å²) in [6, 6.07) is 82.4. The smallest absolute Gasteiger partial charge is 0.0493 e. The Kier molecular flexibility index (Phi) is 9.65. The van der Waals surface area contributed by atoms with Crippen LogP contribution in [0.3, 0.4) is 0 Å². The summed E-state index contributed by atoms with van der Waals surface area (Å²) in [5.41, 5.74) is 20.5. The molecule has 2 aliphatic heterocycles. The van der Waals surface area contributed by atoms with E-state index in [0.717, 1.165) is 44.2 Å². The summed E-state index contributed by atoms with van der Waals surface area (Å²) < 4.78 is 0. The Morgan fingerprint density at radius 2 is 0.757 bits per heavy atom. The van der Waals surface area contributed by atoms with Crippen molar-refractivity contribution in [2.75, 3.05) is 9.80 Å². The highest BCUT2D eigenvalue weighted by Crippen LogP contribution is 2.50. The summed E-state index contributed by atoms with van der Waals surface area (Å²) in [5, 5.41) is 9.95. The van der Waals surface area contributed by atoms with E-state index in [1.54, 1.807) is 5.57 Å². The molecule has 0 radical (unpaired) electrons. The number of allylic oxidation sites excluding steroid dienone is 3. The highest BCUT2D eigenvalue weighted by Gasteiger charge is 2.28. The molecular weight excluding hydrogens is 845 g/mol. The van der Waals surface area contributed by atoms with E-state index in [4.69, 9.17) is 0 Å². The Balaban J connectivity index is 1.07. The van der Waals surface area contributed by atoms with Gasteiger partial charge in [-0.15, -0.1) is 0 Å². The van der Waals surface area contributed by atoms with Crippen LogP contribution in [0.25, 0.3) is 76.5 Å². The molecule has 0 saturated heterocycles. The molecule has 1 aliphatic carbocycles. The fourth-order valence-electron chi connectivity index (χ4n) is 12.0. The number of nitrogens with zero attached hydrogens (tertiary/aromatic N) is 2. The molecule has 11 aromatic rings. The van der Waals surface area contributed by atoms with Crippen LogP contribution in [-0.2, 0) is 19.3 Å². The molecule has 0 unspecified atom stereocenters. The topological polar surface area (TPSA) is 6.48 Å². The van der Waals surface area contributed by atoms with Gasteiger partial charge in [-0.25, -0.2) is 0 Å². The van der Waals surface area contributed by atoms with Gasteiger partial charge in [-0.2, -0.15) is 0 Å². The van der Waals surface area contributed by atoms with Gasteiger partial charge < -0.3 is 9.80 Å². The van der Waals surface area contributed by atoms with Crippen LogP contribution in [-0.4, -0.2) is 0 Å². The second kappa shape index (κ2) is 16.6. The first-order valence-corrected chi connectivity index (χ1v) is 25.0. The third-order valence-corrected chi connectivity index (χ3v) is 15.4. The van der Waals surface area contributed by atoms with Gasteiger partial charge in [0.1, 0.15) is 0 Å². The zero-order valence-electron chi connectivity index (χ0n) is 39.1. The summed E-state index contributed by atoms with van der Waals surface area (Å²) >= 11 is 0. The first kappa shape index (κ1) is 40.6. The summed E-state index contributed by atoms with van der Waals surface area (Å²) in [7, 11) is 0. The summed E-state index contributed by atoms with van der Waals surface area (Å²) in [6.07, 6.45) is 11.1. The van der Waals surface area contributed by atoms with E-state index < -0.39 is 0 Å². The lowest BCUT2D eigenvalue weighted by Gasteiger charge is -2.30. The molecule has 0 amide bonds. The fraction of sp³-hybridized carbons (Fsp3) is 0.0882. The molecule has 11 aromatic carbocycles. The van der Waals surface area contributed by atoms with Gasteiger partial charge in [0.25, 0.3) is 0 Å². The van der Waals surface area contributed by atoms with Crippen molar-refractivity contribution in [2.24, 2.45) is 0 Å². The lowest BCUT2D eigenvalue weighted by molar-refractivity contribution is 0.833. The van der Waals surface area contributed by atoms with E-state index in [-0.39, 0.29) is 0 Å². The number of rotatable bonds is 5. The van der Waals surface area contributed by atoms with Crippen molar-refractivity contribution in [2.45, 2.75) is 38.5 Å². The predicted molar refractivity (Wildman–Crippen MR) is 297 cm³/mol. The highest BCUT2D eigenvalue weighted by atomic mass is 15.2. The van der Waals surface area contributed by atoms with E-state index in [1.165, 1.54) is 122 Å². The van der Waals surface area contributed by atoms with Gasteiger partial charge >= 0.3 is 0 Å². The van der Waals surface area contributed by atoms with Crippen LogP contribution in [0.2, 0.25) is 0 Å². The van der Waals surface area contributed by atoms with Crippen molar-refractivity contribution in [1.82, 2.24) is 0 Å². The maximum absolute atomic E-state index is 2.57. The van der Waals surface area contributed by atoms with Crippen molar-refractivity contribution in [3.8, 4) is 33.4 Å². The second-order valence-corrected chi connectivity index (χ2v) is 19.4. The number of para-hydroxylation sites is 3. The van der Waals surface area contributed by atoms with Crippen LogP contribution in [0.5, 0.6) is 0 Å². The van der Waals surface area contributed by atoms with E-state index in [0.29, 0.717) is 0 Å². The Morgan fingerprint density at radius 1 is 0.300 bits per heavy atom. The lowest BCUT2D eigenvalue weighted by atomic mass is 9.84. The minimum atomic E-state index is 1.00. The number of hydrogen-bond donors (Lipinski definition) is 0. The Hall–Kier alpha value is -8.46. The van der Waals surface area contributed by atoms with E-state index >= 15 is 0 Å². The standard InChI is InChI=1S/C68H50N2/c1-3-19-53-41-55(35-27-45(53)13-1)47-25-33-52(34-26-47)67-59-39-37-58(70-65-23-11-7-17-50(65)31-32-51-18-8-12-24-66(51)70)44-62(59)68(56-36-28-46-14-2-4-20-54(46)42-56)60-40-38-57(43-61(60)67)69-63-21-9-5-15-48(63)29-30-49-16-6-10-22-64(49)69/h1-7,9-17,19-28,33-44H,8,18,29-32H2. The molecule has 0 fully saturated rings. The van der Waals surface area contributed by atoms with Crippen LogP contribution in [0.4, 0.5) is 28.4 Å². The van der Waals surface area contributed by atoms with Gasteiger partial charge in [-0.05, 0) is 198 Å². The quantitative estimate of drug-likeness (QED) is 0.159. The van der Waals surface area contributed by atoms with Crippen LogP contribution >= 0.6 is 0 Å². The number of hydrogen-bond acceptors (Lipinski definition) is 2. The fourth-order valence-corrected chi connectivity index (χ4v) is 12.0. The van der Waals surface area contributed by atoms with Crippen molar-refractivity contribution < 1.29 is 0 Å². The summed E-state index contributed by atoms with van der Waals surface area (Å²) in [4.78, 5) is 5.09. The SMILES string of the molecule is C1=CC2=C(CC1)CCc1ccccc1N2c1ccc2c(-c3ccc(-c4ccc5ccccc5c4)cc3)c3cc(N4c5ccccc5CCc5ccccc54)ccc3c(-c3ccc4ccccc4c3)c2c1. The van der Waals surface area contributed by atoms with Gasteiger partial charge in [0.2, 0.25) is 0 Å². The largest absolute Gasteiger partial charge is 0.310 e. The molecule has 14 rings (SSSR count). The zero-order chi connectivity index (χ0) is 46.1. The maximum Gasteiger partial charge on any atom is 0.0493 e. The van der Waals surface area contributed by atoms with Gasteiger partial charge in [0, 0.05) is 34.1 Å². The molecule has 0 atom stereocenters. The number of aryl methyl sites for hydroxylation is 3. The zero-order valence-corrected chi connectivity index (χ0v) is 39.1. The number of fused-ring (bicyclic) bond motifs is 7. The monoisotopic (exact) mass is 894 g/mol. The molecule has 0 bridgehead atoms. The van der Waals surface area contributed by atoms with Crippen molar-refractivity contribution in [1.29, 1.82) is 0 Å². The molecule has 0 saturated carbocycles. The molecule has 0 aromatic heterocycles. The first-order chi connectivity index (χ1) is 34.7. The van der Waals surface area contributed by atoms with Crippen LogP contribution in [0, 0.1) is 0 Å².